The van der Waals surface area contributed by atoms with E-state index in [9.17, 15) is 0 Å². The van der Waals surface area contributed by atoms with Crippen LogP contribution >= 0.6 is 11.3 Å². The Morgan fingerprint density at radius 2 is 1.66 bits per heavy atom. The fourth-order valence-corrected chi connectivity index (χ4v) is 6.28. The molecular weight excluding hydrogens is 706 g/mol. The Kier molecular flexibility index (Phi) is 6.38. The van der Waals surface area contributed by atoms with Gasteiger partial charge in [0.1, 0.15) is 5.82 Å². The maximum atomic E-state index is 5.02. The fraction of sp³-hybridized carbons (Fsp3) is 0.0294. The molecule has 4 aromatic carbocycles. The van der Waals surface area contributed by atoms with E-state index in [1.807, 2.05) is 48.4 Å². The van der Waals surface area contributed by atoms with Crippen molar-refractivity contribution in [2.45, 2.75) is 0 Å². The third-order valence-corrected chi connectivity index (χ3v) is 8.31. The maximum absolute atomic E-state index is 5.02. The van der Waals surface area contributed by atoms with Gasteiger partial charge in [-0.2, -0.15) is 11.3 Å². The van der Waals surface area contributed by atoms with Crippen molar-refractivity contribution in [3.05, 3.63) is 122 Å². The summed E-state index contributed by atoms with van der Waals surface area (Å²) in [6.07, 6.45) is 5.59. The molecule has 0 saturated carbocycles. The third kappa shape index (κ3) is 4.31. The number of imidazole rings is 1. The minimum absolute atomic E-state index is 0. The van der Waals surface area contributed by atoms with Crippen LogP contribution < -0.4 is 0 Å². The van der Waals surface area contributed by atoms with Gasteiger partial charge in [0.25, 0.3) is 0 Å². The minimum Gasteiger partial charge on any atom is -0.346 e. The first-order valence-electron chi connectivity index (χ1n) is 13.0. The first-order valence-corrected chi connectivity index (χ1v) is 13.8. The van der Waals surface area contributed by atoms with E-state index in [1.54, 1.807) is 11.3 Å². The molecule has 0 spiro atoms. The summed E-state index contributed by atoms with van der Waals surface area (Å²) in [5, 5.41) is 3.27. The first kappa shape index (κ1) is 25.6. The van der Waals surface area contributed by atoms with Gasteiger partial charge in [-0.3, -0.25) is 4.98 Å². The smallest absolute Gasteiger partial charge is 0.346 e. The summed E-state index contributed by atoms with van der Waals surface area (Å²) in [4.78, 5) is 14.1. The average Bonchev–Trinajstić information content (AvgIpc) is 3.72. The van der Waals surface area contributed by atoms with E-state index in [-0.39, 0.29) is 21.1 Å². The molecule has 8 rings (SSSR count). The molecule has 0 amide bonds. The zero-order chi connectivity index (χ0) is 26.6. The predicted octanol–water partition coefficient (Wildman–Crippen LogP) is 8.12. The number of rotatable bonds is 4. The molecule has 0 N–H and O–H groups in total. The van der Waals surface area contributed by atoms with Crippen molar-refractivity contribution in [2.24, 2.45) is 7.05 Å². The standard InChI is InChI=1S/C34H21N5S.Pt/c1-38-18-17-36-33(38)23-13-15-32-29(20-23)37-34(40-32)24-12-14-27-26-9-2-3-11-30(26)39(31(27)21-24)25-8-6-7-22(19-25)28-10-4-5-16-35-28;/h2-18,20H,1H3;/q-2;+2. The fourth-order valence-electron chi connectivity index (χ4n) is 5.35. The van der Waals surface area contributed by atoms with E-state index >= 15 is 0 Å². The molecule has 7 heteroatoms. The molecule has 0 unspecified atom stereocenters. The van der Waals surface area contributed by atoms with Crippen molar-refractivity contribution in [3.63, 3.8) is 0 Å². The van der Waals surface area contributed by atoms with Crippen LogP contribution in [0.1, 0.15) is 0 Å². The monoisotopic (exact) mass is 726 g/mol. The van der Waals surface area contributed by atoms with Gasteiger partial charge in [0.05, 0.1) is 5.52 Å². The molecule has 0 fully saturated rings. The molecular formula is C34H21N5PtS. The quantitative estimate of drug-likeness (QED) is 0.172. The molecule has 5 nitrogen and oxygen atoms in total. The Labute approximate surface area is 255 Å². The number of thiazole rings is 1. The number of aromatic nitrogens is 5. The van der Waals surface area contributed by atoms with Gasteiger partial charge in [-0.25, -0.2) is 4.98 Å². The van der Waals surface area contributed by atoms with E-state index in [0.29, 0.717) is 0 Å². The number of hydrogen-bond donors (Lipinski definition) is 0. The van der Waals surface area contributed by atoms with Crippen molar-refractivity contribution in [2.75, 3.05) is 0 Å². The number of hydrogen-bond acceptors (Lipinski definition) is 4. The van der Waals surface area contributed by atoms with Crippen molar-refractivity contribution in [1.82, 2.24) is 24.1 Å². The van der Waals surface area contributed by atoms with Gasteiger partial charge in [-0.15, -0.1) is 53.6 Å². The van der Waals surface area contributed by atoms with Crippen molar-refractivity contribution < 1.29 is 21.1 Å². The van der Waals surface area contributed by atoms with Crippen LogP contribution in [0.2, 0.25) is 0 Å². The van der Waals surface area contributed by atoms with Crippen molar-refractivity contribution in [3.8, 4) is 38.9 Å². The maximum Gasteiger partial charge on any atom is 2.00 e. The molecule has 4 aromatic heterocycles. The van der Waals surface area contributed by atoms with Gasteiger partial charge >= 0.3 is 21.1 Å². The van der Waals surface area contributed by atoms with Gasteiger partial charge in [-0.1, -0.05) is 35.7 Å². The van der Waals surface area contributed by atoms with Crippen LogP contribution in [0.5, 0.6) is 0 Å². The van der Waals surface area contributed by atoms with Crippen LogP contribution in [0.15, 0.2) is 110 Å². The van der Waals surface area contributed by atoms with Crippen LogP contribution in [0.25, 0.3) is 70.9 Å². The predicted molar refractivity (Wildman–Crippen MR) is 162 cm³/mol. The van der Waals surface area contributed by atoms with Crippen LogP contribution in [0, 0.1) is 12.1 Å². The first-order chi connectivity index (χ1) is 19.7. The number of benzene rings is 4. The van der Waals surface area contributed by atoms with Crippen LogP contribution in [-0.4, -0.2) is 24.1 Å². The molecule has 8 aromatic rings. The third-order valence-electron chi connectivity index (χ3n) is 7.24. The zero-order valence-corrected chi connectivity index (χ0v) is 24.9. The minimum atomic E-state index is 0. The summed E-state index contributed by atoms with van der Waals surface area (Å²) in [5.41, 5.74) is 7.91. The topological polar surface area (TPSA) is 48.5 Å². The molecule has 198 valence electrons. The van der Waals surface area contributed by atoms with Gasteiger partial charge in [0.15, 0.2) is 0 Å². The SMILES string of the molecule is Cn1ccnc1-c1ccc2sc(-c3[c-]c4c(cc3)c3ccccc3n4-c3[c-]c(-c4ccccn4)ccc3)nc2c1.[Pt+2]. The summed E-state index contributed by atoms with van der Waals surface area (Å²) < 4.78 is 5.40. The normalized spacial score (nSPS) is 11.3. The molecule has 0 bridgehead atoms. The summed E-state index contributed by atoms with van der Waals surface area (Å²) in [7, 11) is 2.01. The Hall–Kier alpha value is -4.38. The van der Waals surface area contributed by atoms with E-state index in [4.69, 9.17) is 4.98 Å². The number of pyridine rings is 1. The van der Waals surface area contributed by atoms with Gasteiger partial charge in [0, 0.05) is 46.4 Å². The number of aryl methyl sites for hydroxylation is 1. The molecule has 0 aliphatic carbocycles. The number of para-hydroxylation sites is 1. The molecule has 0 saturated heterocycles. The zero-order valence-electron chi connectivity index (χ0n) is 21.9. The second-order valence-corrected chi connectivity index (χ2v) is 10.7. The van der Waals surface area contributed by atoms with Gasteiger partial charge in [0.2, 0.25) is 0 Å². The van der Waals surface area contributed by atoms with Gasteiger partial charge in [-0.05, 0) is 52.6 Å². The Balaban J connectivity index is 0.00000276. The van der Waals surface area contributed by atoms with E-state index < -0.39 is 0 Å². The van der Waals surface area contributed by atoms with Crippen LogP contribution in [0.3, 0.4) is 0 Å². The largest absolute Gasteiger partial charge is 2.00 e. The van der Waals surface area contributed by atoms with Crippen molar-refractivity contribution >= 4 is 43.4 Å². The van der Waals surface area contributed by atoms with Crippen molar-refractivity contribution in [1.29, 1.82) is 0 Å². The Morgan fingerprint density at radius 3 is 2.51 bits per heavy atom. The molecule has 0 aliphatic heterocycles. The summed E-state index contributed by atoms with van der Waals surface area (Å²) in [6.45, 7) is 0. The second kappa shape index (κ2) is 10.2. The van der Waals surface area contributed by atoms with Gasteiger partial charge < -0.3 is 14.1 Å². The van der Waals surface area contributed by atoms with E-state index in [1.165, 1.54) is 5.39 Å². The van der Waals surface area contributed by atoms with Crippen LogP contribution in [-0.2, 0) is 28.1 Å². The summed E-state index contributed by atoms with van der Waals surface area (Å²) in [6, 6.07) is 38.7. The molecule has 4 heterocycles. The molecule has 0 radical (unpaired) electrons. The number of fused-ring (bicyclic) bond motifs is 4. The second-order valence-electron chi connectivity index (χ2n) is 9.71. The molecule has 41 heavy (non-hydrogen) atoms. The van der Waals surface area contributed by atoms with Crippen LogP contribution in [0.4, 0.5) is 0 Å². The van der Waals surface area contributed by atoms with E-state index in [2.05, 4.69) is 99.5 Å². The Morgan fingerprint density at radius 1 is 0.756 bits per heavy atom. The summed E-state index contributed by atoms with van der Waals surface area (Å²) >= 11 is 1.68. The van der Waals surface area contributed by atoms with E-state index in [0.717, 1.165) is 65.5 Å². The summed E-state index contributed by atoms with van der Waals surface area (Å²) in [5.74, 6) is 0.929. The average molecular weight is 727 g/mol. The molecule has 0 atom stereocenters. The molecule has 0 aliphatic rings. The number of nitrogens with zero attached hydrogens (tertiary/aromatic N) is 5. The Bertz CT molecular complexity index is 2190.